The molecule has 21 heavy (non-hydrogen) atoms. The third-order valence-electron chi connectivity index (χ3n) is 3.59. The Labute approximate surface area is 122 Å². The van der Waals surface area contributed by atoms with Crippen LogP contribution in [0.15, 0.2) is 18.2 Å². The third-order valence-corrected chi connectivity index (χ3v) is 3.59. The van der Waals surface area contributed by atoms with Gasteiger partial charge in [0.05, 0.1) is 0 Å². The molecule has 1 aliphatic carbocycles. The molecule has 1 amide bonds. The summed E-state index contributed by atoms with van der Waals surface area (Å²) in [6, 6.07) is 5.25. The summed E-state index contributed by atoms with van der Waals surface area (Å²) >= 11 is 0. The highest BCUT2D eigenvalue weighted by Gasteiger charge is 2.44. The Morgan fingerprint density at radius 3 is 2.67 bits per heavy atom. The van der Waals surface area contributed by atoms with Gasteiger partial charge in [-0.3, -0.25) is 9.59 Å². The van der Waals surface area contributed by atoms with Gasteiger partial charge in [-0.05, 0) is 25.0 Å². The maximum Gasteiger partial charge on any atom is 0.303 e. The molecule has 6 heteroatoms. The summed E-state index contributed by atoms with van der Waals surface area (Å²) in [5.74, 6) is -0.0429. The molecule has 1 aromatic carbocycles. The van der Waals surface area contributed by atoms with E-state index < -0.39 is 11.8 Å². The van der Waals surface area contributed by atoms with Gasteiger partial charge in [0, 0.05) is 31.5 Å². The van der Waals surface area contributed by atoms with Crippen LogP contribution in [0, 0.1) is 0 Å². The average Bonchev–Trinajstić information content (AvgIpc) is 3.02. The molecule has 3 rings (SSSR count). The van der Waals surface area contributed by atoms with Crippen molar-refractivity contribution in [1.29, 1.82) is 0 Å². The van der Waals surface area contributed by atoms with Crippen LogP contribution < -0.4 is 14.8 Å². The summed E-state index contributed by atoms with van der Waals surface area (Å²) in [6.45, 7) is 0.961. The van der Waals surface area contributed by atoms with Gasteiger partial charge in [0.1, 0.15) is 0 Å². The van der Waals surface area contributed by atoms with Crippen LogP contribution >= 0.6 is 0 Å². The zero-order valence-electron chi connectivity index (χ0n) is 11.8. The van der Waals surface area contributed by atoms with Crippen LogP contribution in [0.1, 0.15) is 32.6 Å². The Morgan fingerprint density at radius 1 is 1.24 bits per heavy atom. The number of benzene rings is 1. The minimum Gasteiger partial charge on any atom is -0.456 e. The highest BCUT2D eigenvalue weighted by molar-refractivity contribution is 5.93. The molecule has 6 nitrogen and oxygen atoms in total. The van der Waals surface area contributed by atoms with E-state index in [0.29, 0.717) is 17.2 Å². The first-order chi connectivity index (χ1) is 10.1. The van der Waals surface area contributed by atoms with Crippen LogP contribution in [0.5, 0.6) is 11.5 Å². The van der Waals surface area contributed by atoms with E-state index in [9.17, 15) is 9.59 Å². The molecule has 1 fully saturated rings. The second-order valence-corrected chi connectivity index (χ2v) is 5.31. The van der Waals surface area contributed by atoms with E-state index in [0.717, 1.165) is 25.7 Å². The van der Waals surface area contributed by atoms with Crippen molar-refractivity contribution >= 4 is 17.6 Å². The normalized spacial score (nSPS) is 17.8. The molecule has 0 atom stereocenters. The third kappa shape index (κ3) is 2.94. The van der Waals surface area contributed by atoms with Crippen LogP contribution in [0.2, 0.25) is 0 Å². The lowest BCUT2D eigenvalue weighted by Crippen LogP contribution is -2.34. The molecular formula is C15H17NO5. The van der Waals surface area contributed by atoms with Crippen molar-refractivity contribution in [3.63, 3.8) is 0 Å². The van der Waals surface area contributed by atoms with E-state index in [-0.39, 0.29) is 12.5 Å². The molecule has 1 N–H and O–H groups in total. The average molecular weight is 291 g/mol. The van der Waals surface area contributed by atoms with Crippen LogP contribution in [0.4, 0.5) is 5.69 Å². The minimum atomic E-state index is -0.511. The predicted octanol–water partition coefficient (Wildman–Crippen LogP) is 2.23. The first-order valence-electron chi connectivity index (χ1n) is 7.02. The van der Waals surface area contributed by atoms with Crippen molar-refractivity contribution in [1.82, 2.24) is 0 Å². The molecule has 0 bridgehead atoms. The van der Waals surface area contributed by atoms with Crippen molar-refractivity contribution in [2.24, 2.45) is 0 Å². The predicted molar refractivity (Wildman–Crippen MR) is 74.2 cm³/mol. The van der Waals surface area contributed by atoms with Crippen molar-refractivity contribution in [2.45, 2.75) is 38.4 Å². The van der Waals surface area contributed by atoms with E-state index in [2.05, 4.69) is 10.1 Å². The smallest absolute Gasteiger partial charge is 0.303 e. The quantitative estimate of drug-likeness (QED) is 0.864. The Balaban J connectivity index is 1.65. The van der Waals surface area contributed by atoms with Crippen molar-refractivity contribution in [3.05, 3.63) is 18.2 Å². The van der Waals surface area contributed by atoms with Crippen molar-refractivity contribution in [3.8, 4) is 11.5 Å². The number of hydrogen-bond donors (Lipinski definition) is 1. The fourth-order valence-electron chi connectivity index (χ4n) is 2.65. The first-order valence-corrected chi connectivity index (χ1v) is 7.02. The number of carbonyl (C=O) groups excluding carboxylic acids is 2. The van der Waals surface area contributed by atoms with Gasteiger partial charge in [-0.2, -0.15) is 0 Å². The molecule has 0 aromatic heterocycles. The van der Waals surface area contributed by atoms with Gasteiger partial charge in [0.2, 0.25) is 0 Å². The standard InChI is InChI=1S/C15H17NO5/c1-10(17)19-9-14(18)16-11-4-5-12-13(8-11)21-15(20-12)6-2-3-7-15/h4-5,8H,2-3,6-7,9H2,1H3,(H,16,18). The molecule has 1 spiro atoms. The molecule has 1 aromatic rings. The van der Waals surface area contributed by atoms with E-state index in [1.165, 1.54) is 6.92 Å². The Bertz CT molecular complexity index is 577. The number of anilines is 1. The lowest BCUT2D eigenvalue weighted by molar-refractivity contribution is -0.144. The van der Waals surface area contributed by atoms with E-state index in [1.807, 2.05) is 0 Å². The summed E-state index contributed by atoms with van der Waals surface area (Å²) in [6.07, 6.45) is 3.96. The maximum atomic E-state index is 11.6. The molecule has 0 radical (unpaired) electrons. The van der Waals surface area contributed by atoms with Gasteiger partial charge in [-0.15, -0.1) is 0 Å². The van der Waals surface area contributed by atoms with Gasteiger partial charge >= 0.3 is 5.97 Å². The zero-order valence-corrected chi connectivity index (χ0v) is 11.8. The number of fused-ring (bicyclic) bond motifs is 1. The van der Waals surface area contributed by atoms with Gasteiger partial charge in [0.25, 0.3) is 11.7 Å². The monoisotopic (exact) mass is 291 g/mol. The highest BCUT2D eigenvalue weighted by Crippen LogP contribution is 2.47. The molecule has 112 valence electrons. The first kappa shape index (κ1) is 13.7. The van der Waals surface area contributed by atoms with Gasteiger partial charge < -0.3 is 19.5 Å². The van der Waals surface area contributed by atoms with Crippen LogP contribution in [-0.2, 0) is 14.3 Å². The maximum absolute atomic E-state index is 11.6. The van der Waals surface area contributed by atoms with E-state index in [4.69, 9.17) is 9.47 Å². The SMILES string of the molecule is CC(=O)OCC(=O)Nc1ccc2c(c1)OC1(CCCC1)O2. The molecule has 2 aliphatic rings. The van der Waals surface area contributed by atoms with Crippen molar-refractivity contribution < 1.29 is 23.8 Å². The van der Waals surface area contributed by atoms with E-state index in [1.54, 1.807) is 18.2 Å². The lowest BCUT2D eigenvalue weighted by Gasteiger charge is -2.21. The molecule has 0 saturated heterocycles. The Morgan fingerprint density at radius 2 is 1.95 bits per heavy atom. The molecule has 1 aliphatic heterocycles. The van der Waals surface area contributed by atoms with Gasteiger partial charge in [-0.25, -0.2) is 0 Å². The fraction of sp³-hybridized carbons (Fsp3) is 0.467. The number of carbonyl (C=O) groups is 2. The number of esters is 1. The number of ether oxygens (including phenoxy) is 3. The topological polar surface area (TPSA) is 73.9 Å². The van der Waals surface area contributed by atoms with Crippen molar-refractivity contribution in [2.75, 3.05) is 11.9 Å². The number of nitrogens with one attached hydrogen (secondary N) is 1. The molecule has 1 heterocycles. The van der Waals surface area contributed by atoms with Gasteiger partial charge in [0.15, 0.2) is 18.1 Å². The van der Waals surface area contributed by atoms with Crippen LogP contribution in [0.3, 0.4) is 0 Å². The molecule has 1 saturated carbocycles. The summed E-state index contributed by atoms with van der Waals surface area (Å²) in [7, 11) is 0. The van der Waals surface area contributed by atoms with Crippen LogP contribution in [-0.4, -0.2) is 24.3 Å². The molecular weight excluding hydrogens is 274 g/mol. The minimum absolute atomic E-state index is 0.298. The summed E-state index contributed by atoms with van der Waals surface area (Å²) in [5, 5.41) is 2.65. The second-order valence-electron chi connectivity index (χ2n) is 5.31. The number of rotatable bonds is 3. The second kappa shape index (κ2) is 5.27. The summed E-state index contributed by atoms with van der Waals surface area (Å²) in [4.78, 5) is 22.3. The zero-order chi connectivity index (χ0) is 14.9. The largest absolute Gasteiger partial charge is 0.456 e. The summed E-state index contributed by atoms with van der Waals surface area (Å²) < 4.78 is 16.4. The Hall–Kier alpha value is -2.24. The Kier molecular flexibility index (Phi) is 3.45. The highest BCUT2D eigenvalue weighted by atomic mass is 16.7. The summed E-state index contributed by atoms with van der Waals surface area (Å²) in [5.41, 5.74) is 0.588. The van der Waals surface area contributed by atoms with Crippen LogP contribution in [0.25, 0.3) is 0 Å². The van der Waals surface area contributed by atoms with E-state index >= 15 is 0 Å². The fourth-order valence-corrected chi connectivity index (χ4v) is 2.65. The molecule has 0 unspecified atom stereocenters. The number of hydrogen-bond acceptors (Lipinski definition) is 5. The lowest BCUT2D eigenvalue weighted by atomic mass is 10.2. The number of amides is 1. The van der Waals surface area contributed by atoms with Gasteiger partial charge in [-0.1, -0.05) is 0 Å².